The minimum Gasteiger partial charge on any atom is -0.504 e. The van der Waals surface area contributed by atoms with E-state index in [9.17, 15) is 24.8 Å². The first kappa shape index (κ1) is 23.0. The number of aromatic hydroxyl groups is 1. The van der Waals surface area contributed by atoms with E-state index in [4.69, 9.17) is 13.9 Å². The van der Waals surface area contributed by atoms with Crippen molar-refractivity contribution in [2.45, 2.75) is 19.9 Å². The van der Waals surface area contributed by atoms with Crippen molar-refractivity contribution in [1.29, 1.82) is 0 Å². The lowest BCUT2D eigenvalue weighted by Crippen LogP contribution is -2.35. The molecule has 3 heterocycles. The number of ether oxygens (including phenoxy) is 2. The van der Waals surface area contributed by atoms with E-state index in [0.29, 0.717) is 10.1 Å². The first-order valence-corrected chi connectivity index (χ1v) is 10.9. The van der Waals surface area contributed by atoms with Crippen molar-refractivity contribution in [2.24, 2.45) is 4.99 Å². The minimum absolute atomic E-state index is 0.0370. The number of fused-ring (bicyclic) bond motifs is 1. The highest BCUT2D eigenvalue weighted by molar-refractivity contribution is 7.07. The highest BCUT2D eigenvalue weighted by atomic mass is 32.1. The maximum absolute atomic E-state index is 13.2. The molecule has 0 saturated heterocycles. The molecule has 11 nitrogen and oxygen atoms in total. The fourth-order valence-corrected chi connectivity index (χ4v) is 4.59. The molecular formula is C22H19N3O8S. The van der Waals surface area contributed by atoms with Gasteiger partial charge in [0, 0.05) is 5.70 Å². The van der Waals surface area contributed by atoms with Crippen LogP contribution in [-0.4, -0.2) is 34.3 Å². The summed E-state index contributed by atoms with van der Waals surface area (Å²) in [4.78, 5) is 41.2. The van der Waals surface area contributed by atoms with Gasteiger partial charge in [0.2, 0.25) is 0 Å². The van der Waals surface area contributed by atoms with Gasteiger partial charge in [0.1, 0.15) is 16.7 Å². The second-order valence-corrected chi connectivity index (χ2v) is 8.16. The number of allylic oxidation sites excluding steroid dienone is 1. The second-order valence-electron chi connectivity index (χ2n) is 7.15. The molecular weight excluding hydrogens is 466 g/mol. The summed E-state index contributed by atoms with van der Waals surface area (Å²) in [6, 6.07) is 6.17. The molecule has 2 aromatic heterocycles. The van der Waals surface area contributed by atoms with Crippen LogP contribution in [0, 0.1) is 10.1 Å². The predicted octanol–water partition coefficient (Wildman–Crippen LogP) is 2.12. The molecule has 34 heavy (non-hydrogen) atoms. The van der Waals surface area contributed by atoms with Gasteiger partial charge in [-0.1, -0.05) is 17.4 Å². The average Bonchev–Trinajstić information content (AvgIpc) is 3.40. The highest BCUT2D eigenvalue weighted by Crippen LogP contribution is 2.34. The molecule has 0 aliphatic carbocycles. The summed E-state index contributed by atoms with van der Waals surface area (Å²) in [7, 11) is 1.42. The molecule has 1 aromatic carbocycles. The predicted molar refractivity (Wildman–Crippen MR) is 121 cm³/mol. The first-order chi connectivity index (χ1) is 16.2. The normalized spacial score (nSPS) is 15.6. The maximum Gasteiger partial charge on any atom is 0.433 e. The number of hydrogen-bond donors (Lipinski definition) is 1. The Hall–Kier alpha value is -4.19. The van der Waals surface area contributed by atoms with Crippen LogP contribution in [0.4, 0.5) is 5.88 Å². The van der Waals surface area contributed by atoms with E-state index in [1.54, 1.807) is 32.1 Å². The van der Waals surface area contributed by atoms with Gasteiger partial charge >= 0.3 is 11.9 Å². The number of furan rings is 1. The lowest BCUT2D eigenvalue weighted by molar-refractivity contribution is -0.402. The van der Waals surface area contributed by atoms with Crippen molar-refractivity contribution in [2.75, 3.05) is 13.7 Å². The number of phenolic OH excluding ortho intramolecular Hbond substituents is 1. The summed E-state index contributed by atoms with van der Waals surface area (Å²) in [5.41, 5.74) is 0.545. The molecule has 0 unspecified atom stereocenters. The smallest absolute Gasteiger partial charge is 0.433 e. The molecule has 1 atom stereocenters. The van der Waals surface area contributed by atoms with E-state index in [2.05, 4.69) is 4.99 Å². The van der Waals surface area contributed by atoms with Gasteiger partial charge in [-0.05, 0) is 43.7 Å². The van der Waals surface area contributed by atoms with E-state index in [1.165, 1.54) is 29.9 Å². The van der Waals surface area contributed by atoms with Crippen molar-refractivity contribution in [1.82, 2.24) is 4.57 Å². The SMILES string of the molecule is CCOC(=O)C1=C(C)n2c(s/c(=C\c3ccc(O)c(OC)c3)c2=O)=N[C@H]1c1ccc([N+](=O)[O-])o1. The number of rotatable bonds is 6. The third-order valence-corrected chi connectivity index (χ3v) is 6.09. The van der Waals surface area contributed by atoms with Gasteiger partial charge in [-0.3, -0.25) is 19.5 Å². The summed E-state index contributed by atoms with van der Waals surface area (Å²) >= 11 is 1.08. The lowest BCUT2D eigenvalue weighted by Gasteiger charge is -2.20. The number of nitrogens with zero attached hydrogens (tertiary/aromatic N) is 3. The molecule has 0 bridgehead atoms. The monoisotopic (exact) mass is 485 g/mol. The van der Waals surface area contributed by atoms with Gasteiger partial charge in [0.15, 0.2) is 16.3 Å². The van der Waals surface area contributed by atoms with Crippen LogP contribution in [0.1, 0.15) is 31.2 Å². The van der Waals surface area contributed by atoms with E-state index in [-0.39, 0.29) is 39.9 Å². The van der Waals surface area contributed by atoms with Gasteiger partial charge in [0.05, 0.1) is 29.9 Å². The summed E-state index contributed by atoms with van der Waals surface area (Å²) in [6.07, 6.45) is 1.61. The number of carbonyl (C=O) groups is 1. The summed E-state index contributed by atoms with van der Waals surface area (Å²) < 4.78 is 17.2. The van der Waals surface area contributed by atoms with Gasteiger partial charge in [0.25, 0.3) is 5.56 Å². The number of nitro groups is 1. The summed E-state index contributed by atoms with van der Waals surface area (Å²) in [6.45, 7) is 3.31. The zero-order chi connectivity index (χ0) is 24.6. The first-order valence-electron chi connectivity index (χ1n) is 10.1. The van der Waals surface area contributed by atoms with Crippen molar-refractivity contribution < 1.29 is 28.7 Å². The van der Waals surface area contributed by atoms with E-state index in [1.807, 2.05) is 0 Å². The van der Waals surface area contributed by atoms with Gasteiger partial charge in [-0.2, -0.15) is 0 Å². The van der Waals surface area contributed by atoms with Gasteiger partial charge < -0.3 is 19.0 Å². The minimum atomic E-state index is -1.02. The molecule has 0 spiro atoms. The van der Waals surface area contributed by atoms with Crippen molar-refractivity contribution in [3.8, 4) is 11.5 Å². The molecule has 1 aliphatic heterocycles. The maximum atomic E-state index is 13.2. The third kappa shape index (κ3) is 3.99. The topological polar surface area (TPSA) is 146 Å². The molecule has 176 valence electrons. The Labute approximate surface area is 195 Å². The zero-order valence-electron chi connectivity index (χ0n) is 18.3. The van der Waals surface area contributed by atoms with Crippen LogP contribution in [0.15, 0.2) is 50.1 Å². The standard InChI is InChI=1S/C22H19N3O8S/c1-4-32-21(28)18-11(2)24-20(27)16(10-12-5-6-13(26)15(9-12)31-3)34-22(24)23-19(18)14-7-8-17(33-14)25(29)30/h5-10,19,26H,4H2,1-3H3/b16-10-/t19-/m0/s1. The van der Waals surface area contributed by atoms with E-state index in [0.717, 1.165) is 11.3 Å². The molecule has 1 aliphatic rings. The van der Waals surface area contributed by atoms with Crippen LogP contribution in [0.2, 0.25) is 0 Å². The van der Waals surface area contributed by atoms with Crippen LogP contribution in [-0.2, 0) is 9.53 Å². The number of carbonyl (C=O) groups excluding carboxylic acids is 1. The quantitative estimate of drug-likeness (QED) is 0.317. The number of benzene rings is 1. The van der Waals surface area contributed by atoms with Crippen LogP contribution >= 0.6 is 11.3 Å². The Balaban J connectivity index is 1.92. The second kappa shape index (κ2) is 8.98. The molecule has 4 rings (SSSR count). The molecule has 0 amide bonds. The fraction of sp³-hybridized carbons (Fsp3) is 0.227. The Bertz CT molecular complexity index is 1510. The van der Waals surface area contributed by atoms with Crippen molar-refractivity contribution >= 4 is 35.0 Å². The highest BCUT2D eigenvalue weighted by Gasteiger charge is 2.34. The number of hydrogen-bond acceptors (Lipinski definition) is 10. The fourth-order valence-electron chi connectivity index (χ4n) is 3.55. The Morgan fingerprint density at radius 1 is 1.38 bits per heavy atom. The molecule has 12 heteroatoms. The number of methoxy groups -OCH3 is 1. The van der Waals surface area contributed by atoms with Crippen molar-refractivity contribution in [3.63, 3.8) is 0 Å². The van der Waals surface area contributed by atoms with Gasteiger partial charge in [-0.25, -0.2) is 9.79 Å². The number of thiazole rings is 1. The number of aromatic nitrogens is 1. The van der Waals surface area contributed by atoms with Crippen LogP contribution in [0.3, 0.4) is 0 Å². The number of esters is 1. The van der Waals surface area contributed by atoms with Gasteiger partial charge in [-0.15, -0.1) is 0 Å². The van der Waals surface area contributed by atoms with E-state index < -0.39 is 28.4 Å². The Morgan fingerprint density at radius 2 is 2.15 bits per heavy atom. The lowest BCUT2D eigenvalue weighted by atomic mass is 10.0. The molecule has 1 N–H and O–H groups in total. The number of phenols is 1. The van der Waals surface area contributed by atoms with Crippen LogP contribution in [0.5, 0.6) is 11.5 Å². The molecule has 3 aromatic rings. The summed E-state index contributed by atoms with van der Waals surface area (Å²) in [5, 5.41) is 20.9. The zero-order valence-corrected chi connectivity index (χ0v) is 19.1. The van der Waals surface area contributed by atoms with E-state index >= 15 is 0 Å². The van der Waals surface area contributed by atoms with Crippen LogP contribution < -0.4 is 19.6 Å². The molecule has 0 fully saturated rings. The largest absolute Gasteiger partial charge is 0.504 e. The average molecular weight is 485 g/mol. The van der Waals surface area contributed by atoms with Crippen molar-refractivity contribution in [3.05, 3.63) is 77.0 Å². The Kier molecular flexibility index (Phi) is 6.07. The molecule has 0 radical (unpaired) electrons. The Morgan fingerprint density at radius 3 is 2.79 bits per heavy atom. The summed E-state index contributed by atoms with van der Waals surface area (Å²) in [5.74, 6) is -0.902. The van der Waals surface area contributed by atoms with Crippen LogP contribution in [0.25, 0.3) is 11.8 Å². The molecule has 0 saturated carbocycles. The third-order valence-electron chi connectivity index (χ3n) is 5.10.